The molecule has 0 spiro atoms. The molecule has 0 radical (unpaired) electrons. The van der Waals surface area contributed by atoms with E-state index in [1.54, 1.807) is 12.0 Å². The zero-order valence-corrected chi connectivity index (χ0v) is 10.7. The SMILES string of the molecule is COCCN(CCO)C(=O)C1(N)CCCCC1. The van der Waals surface area contributed by atoms with Crippen LogP contribution in [0.15, 0.2) is 0 Å². The highest BCUT2D eigenvalue weighted by atomic mass is 16.5. The van der Waals surface area contributed by atoms with Crippen LogP contribution in [0.25, 0.3) is 0 Å². The Morgan fingerprint density at radius 2 is 2.00 bits per heavy atom. The summed E-state index contributed by atoms with van der Waals surface area (Å²) >= 11 is 0. The summed E-state index contributed by atoms with van der Waals surface area (Å²) in [4.78, 5) is 14.0. The van der Waals surface area contributed by atoms with Crippen molar-refractivity contribution in [3.05, 3.63) is 0 Å². The Bertz CT molecular complexity index is 240. The van der Waals surface area contributed by atoms with Crippen LogP contribution in [0.4, 0.5) is 0 Å². The van der Waals surface area contributed by atoms with Crippen LogP contribution in [0.1, 0.15) is 32.1 Å². The molecule has 0 heterocycles. The van der Waals surface area contributed by atoms with Gasteiger partial charge in [0.1, 0.15) is 0 Å². The molecule has 0 aromatic heterocycles. The Morgan fingerprint density at radius 3 is 2.53 bits per heavy atom. The summed E-state index contributed by atoms with van der Waals surface area (Å²) in [6.45, 7) is 1.27. The summed E-state index contributed by atoms with van der Waals surface area (Å²) in [7, 11) is 1.60. The Kier molecular flexibility index (Phi) is 5.88. The van der Waals surface area contributed by atoms with Crippen LogP contribution in [-0.4, -0.2) is 54.9 Å². The van der Waals surface area contributed by atoms with Crippen molar-refractivity contribution in [2.24, 2.45) is 5.73 Å². The monoisotopic (exact) mass is 244 g/mol. The predicted octanol–water partition coefficient (Wildman–Crippen LogP) is 0.115. The van der Waals surface area contributed by atoms with Crippen molar-refractivity contribution in [1.29, 1.82) is 0 Å². The lowest BCUT2D eigenvalue weighted by Crippen LogP contribution is -2.57. The Hall–Kier alpha value is -0.650. The van der Waals surface area contributed by atoms with Crippen molar-refractivity contribution in [2.75, 3.05) is 33.4 Å². The molecule has 1 rings (SSSR count). The molecule has 1 saturated carbocycles. The number of amides is 1. The zero-order chi connectivity index (χ0) is 12.7. The number of nitrogens with two attached hydrogens (primary N) is 1. The third kappa shape index (κ3) is 3.94. The lowest BCUT2D eigenvalue weighted by Gasteiger charge is -2.36. The highest BCUT2D eigenvalue weighted by Gasteiger charge is 2.37. The van der Waals surface area contributed by atoms with Gasteiger partial charge in [0.2, 0.25) is 5.91 Å². The van der Waals surface area contributed by atoms with Crippen LogP contribution in [0, 0.1) is 0 Å². The largest absolute Gasteiger partial charge is 0.395 e. The van der Waals surface area contributed by atoms with Gasteiger partial charge in [0.25, 0.3) is 0 Å². The van der Waals surface area contributed by atoms with E-state index < -0.39 is 5.54 Å². The van der Waals surface area contributed by atoms with Crippen molar-refractivity contribution in [3.63, 3.8) is 0 Å². The summed E-state index contributed by atoms with van der Waals surface area (Å²) in [6.07, 6.45) is 4.69. The fourth-order valence-electron chi connectivity index (χ4n) is 2.35. The maximum atomic E-state index is 12.4. The van der Waals surface area contributed by atoms with Crippen LogP contribution in [-0.2, 0) is 9.53 Å². The van der Waals surface area contributed by atoms with Gasteiger partial charge in [-0.1, -0.05) is 19.3 Å². The minimum Gasteiger partial charge on any atom is -0.395 e. The molecule has 5 nitrogen and oxygen atoms in total. The molecule has 0 aromatic carbocycles. The molecule has 17 heavy (non-hydrogen) atoms. The molecule has 1 aliphatic rings. The quantitative estimate of drug-likeness (QED) is 0.695. The second kappa shape index (κ2) is 6.93. The normalized spacial score (nSPS) is 19.0. The minimum atomic E-state index is -0.721. The Balaban J connectivity index is 2.61. The maximum absolute atomic E-state index is 12.4. The van der Waals surface area contributed by atoms with E-state index in [1.807, 2.05) is 0 Å². The number of hydrogen-bond acceptors (Lipinski definition) is 4. The fraction of sp³-hybridized carbons (Fsp3) is 0.917. The van der Waals surface area contributed by atoms with Gasteiger partial charge in [-0.3, -0.25) is 4.79 Å². The smallest absolute Gasteiger partial charge is 0.242 e. The number of hydrogen-bond donors (Lipinski definition) is 2. The van der Waals surface area contributed by atoms with Gasteiger partial charge in [-0.25, -0.2) is 0 Å². The van der Waals surface area contributed by atoms with E-state index in [0.717, 1.165) is 32.1 Å². The van der Waals surface area contributed by atoms with Gasteiger partial charge in [-0.15, -0.1) is 0 Å². The highest BCUT2D eigenvalue weighted by Crippen LogP contribution is 2.27. The van der Waals surface area contributed by atoms with Gasteiger partial charge in [0, 0.05) is 20.2 Å². The van der Waals surface area contributed by atoms with Crippen molar-refractivity contribution in [2.45, 2.75) is 37.6 Å². The Morgan fingerprint density at radius 1 is 1.35 bits per heavy atom. The third-order valence-electron chi connectivity index (χ3n) is 3.39. The molecule has 0 aromatic rings. The number of carbonyl (C=O) groups is 1. The summed E-state index contributed by atoms with van der Waals surface area (Å²) in [5.74, 6) is -0.0386. The van der Waals surface area contributed by atoms with Crippen LogP contribution < -0.4 is 5.73 Å². The molecule has 0 saturated heterocycles. The molecule has 3 N–H and O–H groups in total. The summed E-state index contributed by atoms with van der Waals surface area (Å²) < 4.78 is 4.97. The first-order valence-corrected chi connectivity index (χ1v) is 6.32. The van der Waals surface area contributed by atoms with E-state index in [-0.39, 0.29) is 12.5 Å². The molecule has 1 aliphatic carbocycles. The molecular weight excluding hydrogens is 220 g/mol. The predicted molar refractivity (Wildman–Crippen MR) is 65.5 cm³/mol. The van der Waals surface area contributed by atoms with E-state index >= 15 is 0 Å². The lowest BCUT2D eigenvalue weighted by molar-refractivity contribution is -0.139. The first-order chi connectivity index (χ1) is 8.14. The maximum Gasteiger partial charge on any atom is 0.242 e. The first-order valence-electron chi connectivity index (χ1n) is 6.32. The van der Waals surface area contributed by atoms with E-state index in [2.05, 4.69) is 0 Å². The zero-order valence-electron chi connectivity index (χ0n) is 10.7. The standard InChI is InChI=1S/C12H24N2O3/c1-17-10-8-14(7-9-15)11(16)12(13)5-3-2-4-6-12/h15H,2-10,13H2,1H3. The molecule has 100 valence electrons. The number of rotatable bonds is 6. The third-order valence-corrected chi connectivity index (χ3v) is 3.39. The van der Waals surface area contributed by atoms with E-state index in [0.29, 0.717) is 19.7 Å². The van der Waals surface area contributed by atoms with Gasteiger partial charge in [0.05, 0.1) is 18.8 Å². The number of aliphatic hydroxyl groups excluding tert-OH is 1. The van der Waals surface area contributed by atoms with Crippen LogP contribution in [0.2, 0.25) is 0 Å². The molecule has 0 bridgehead atoms. The highest BCUT2D eigenvalue weighted by molar-refractivity contribution is 5.86. The minimum absolute atomic E-state index is 0.0362. The van der Waals surface area contributed by atoms with Gasteiger partial charge in [-0.2, -0.15) is 0 Å². The Labute approximate surface area is 103 Å². The summed E-state index contributed by atoms with van der Waals surface area (Å²) in [5.41, 5.74) is 5.47. The van der Waals surface area contributed by atoms with Crippen molar-refractivity contribution in [3.8, 4) is 0 Å². The average molecular weight is 244 g/mol. The lowest BCUT2D eigenvalue weighted by atomic mass is 9.81. The van der Waals surface area contributed by atoms with E-state index in [1.165, 1.54) is 0 Å². The van der Waals surface area contributed by atoms with Gasteiger partial charge in [-0.05, 0) is 12.8 Å². The second-order valence-electron chi connectivity index (χ2n) is 4.73. The van der Waals surface area contributed by atoms with Gasteiger partial charge < -0.3 is 20.5 Å². The van der Waals surface area contributed by atoms with Gasteiger partial charge >= 0.3 is 0 Å². The molecular formula is C12H24N2O3. The fourth-order valence-corrected chi connectivity index (χ4v) is 2.35. The van der Waals surface area contributed by atoms with Crippen LogP contribution in [0.3, 0.4) is 0 Å². The van der Waals surface area contributed by atoms with Crippen molar-refractivity contribution < 1.29 is 14.6 Å². The topological polar surface area (TPSA) is 75.8 Å². The summed E-state index contributed by atoms with van der Waals surface area (Å²) in [6, 6.07) is 0. The molecule has 0 unspecified atom stereocenters. The number of aliphatic hydroxyl groups is 1. The van der Waals surface area contributed by atoms with E-state index in [9.17, 15) is 4.79 Å². The molecule has 1 fully saturated rings. The molecule has 5 heteroatoms. The molecule has 1 amide bonds. The molecule has 0 atom stereocenters. The average Bonchev–Trinajstić information content (AvgIpc) is 2.34. The van der Waals surface area contributed by atoms with Crippen LogP contribution in [0.5, 0.6) is 0 Å². The summed E-state index contributed by atoms with van der Waals surface area (Å²) in [5, 5.41) is 8.99. The first kappa shape index (κ1) is 14.4. The number of ether oxygens (including phenoxy) is 1. The van der Waals surface area contributed by atoms with Crippen molar-refractivity contribution >= 4 is 5.91 Å². The second-order valence-corrected chi connectivity index (χ2v) is 4.73. The van der Waals surface area contributed by atoms with Gasteiger partial charge in [0.15, 0.2) is 0 Å². The number of methoxy groups -OCH3 is 1. The van der Waals surface area contributed by atoms with Crippen LogP contribution >= 0.6 is 0 Å². The van der Waals surface area contributed by atoms with Crippen molar-refractivity contribution in [1.82, 2.24) is 4.90 Å². The number of nitrogens with zero attached hydrogens (tertiary/aromatic N) is 1. The molecule has 0 aliphatic heterocycles. The van der Waals surface area contributed by atoms with E-state index in [4.69, 9.17) is 15.6 Å². The number of carbonyl (C=O) groups excluding carboxylic acids is 1.